The van der Waals surface area contributed by atoms with Gasteiger partial charge in [0.15, 0.2) is 0 Å². The first-order valence-electron chi connectivity index (χ1n) is 6.39. The van der Waals surface area contributed by atoms with Gasteiger partial charge in [-0.25, -0.2) is 0 Å². The third-order valence-corrected chi connectivity index (χ3v) is 3.65. The fourth-order valence-electron chi connectivity index (χ4n) is 2.63. The van der Waals surface area contributed by atoms with Crippen LogP contribution in [0.25, 0.3) is 0 Å². The van der Waals surface area contributed by atoms with E-state index in [1.54, 1.807) is 0 Å². The van der Waals surface area contributed by atoms with Crippen molar-refractivity contribution < 1.29 is 4.52 Å². The van der Waals surface area contributed by atoms with E-state index in [2.05, 4.69) is 41.1 Å². The monoisotopic (exact) mass is 236 g/mol. The zero-order valence-electron chi connectivity index (χ0n) is 10.7. The zero-order chi connectivity index (χ0) is 12.0. The molecule has 5 nitrogen and oxygen atoms in total. The van der Waals surface area contributed by atoms with Crippen molar-refractivity contribution in [1.82, 2.24) is 15.5 Å². The van der Waals surface area contributed by atoms with Gasteiger partial charge in [0, 0.05) is 24.0 Å². The Morgan fingerprint density at radius 3 is 2.88 bits per heavy atom. The molecule has 2 aliphatic rings. The highest BCUT2D eigenvalue weighted by Gasteiger charge is 2.42. The highest BCUT2D eigenvalue weighted by molar-refractivity contribution is 5.39. The van der Waals surface area contributed by atoms with Crippen LogP contribution >= 0.6 is 0 Å². The molecule has 1 N–H and O–H groups in total. The maximum absolute atomic E-state index is 5.37. The van der Waals surface area contributed by atoms with Crippen LogP contribution in [0.3, 0.4) is 0 Å². The van der Waals surface area contributed by atoms with Gasteiger partial charge in [0.25, 0.3) is 5.95 Å². The van der Waals surface area contributed by atoms with Gasteiger partial charge in [0.2, 0.25) is 5.89 Å². The highest BCUT2D eigenvalue weighted by atomic mass is 16.5. The van der Waals surface area contributed by atoms with Crippen LogP contribution in [-0.2, 0) is 5.41 Å². The second kappa shape index (κ2) is 3.70. The van der Waals surface area contributed by atoms with Crippen LogP contribution in [0.4, 0.5) is 5.95 Å². The molecule has 0 aromatic carbocycles. The van der Waals surface area contributed by atoms with E-state index < -0.39 is 0 Å². The van der Waals surface area contributed by atoms with Crippen molar-refractivity contribution in [2.45, 2.75) is 51.1 Å². The van der Waals surface area contributed by atoms with Crippen LogP contribution in [0, 0.1) is 0 Å². The molecule has 2 aliphatic heterocycles. The van der Waals surface area contributed by atoms with Crippen LogP contribution in [0.5, 0.6) is 0 Å². The van der Waals surface area contributed by atoms with Crippen molar-refractivity contribution in [2.75, 3.05) is 18.0 Å². The average molecular weight is 236 g/mol. The smallest absolute Gasteiger partial charge is 0.266 e. The number of nitrogens with zero attached hydrogens (tertiary/aromatic N) is 3. The van der Waals surface area contributed by atoms with E-state index in [-0.39, 0.29) is 5.41 Å². The van der Waals surface area contributed by atoms with Crippen LogP contribution < -0.4 is 10.2 Å². The number of anilines is 1. The normalized spacial score (nSPS) is 28.8. The van der Waals surface area contributed by atoms with Crippen molar-refractivity contribution in [1.29, 1.82) is 0 Å². The Morgan fingerprint density at radius 1 is 1.35 bits per heavy atom. The molecule has 17 heavy (non-hydrogen) atoms. The van der Waals surface area contributed by atoms with Crippen molar-refractivity contribution >= 4 is 5.95 Å². The minimum absolute atomic E-state index is 0.0699. The van der Waals surface area contributed by atoms with Gasteiger partial charge in [-0.15, -0.1) is 0 Å². The molecule has 2 bridgehead atoms. The van der Waals surface area contributed by atoms with Gasteiger partial charge in [-0.1, -0.05) is 20.8 Å². The fourth-order valence-corrected chi connectivity index (χ4v) is 2.63. The molecule has 0 spiro atoms. The van der Waals surface area contributed by atoms with Crippen molar-refractivity contribution in [3.63, 3.8) is 0 Å². The molecule has 3 rings (SSSR count). The van der Waals surface area contributed by atoms with Gasteiger partial charge in [-0.2, -0.15) is 4.98 Å². The topological polar surface area (TPSA) is 54.2 Å². The summed E-state index contributed by atoms with van der Waals surface area (Å²) in [4.78, 5) is 6.87. The Labute approximate surface area is 102 Å². The first kappa shape index (κ1) is 11.0. The lowest BCUT2D eigenvalue weighted by Gasteiger charge is -2.45. The van der Waals surface area contributed by atoms with Gasteiger partial charge >= 0.3 is 0 Å². The summed E-state index contributed by atoms with van der Waals surface area (Å²) in [5.74, 6) is 1.50. The second-order valence-electron chi connectivity index (χ2n) is 6.09. The zero-order valence-corrected chi connectivity index (χ0v) is 10.7. The number of hydrogen-bond donors (Lipinski definition) is 1. The Hall–Kier alpha value is -1.10. The molecular formula is C12H20N4O. The second-order valence-corrected chi connectivity index (χ2v) is 6.09. The molecule has 0 aliphatic carbocycles. The van der Waals surface area contributed by atoms with E-state index >= 15 is 0 Å². The molecule has 2 atom stereocenters. The first-order chi connectivity index (χ1) is 8.05. The lowest BCUT2D eigenvalue weighted by molar-refractivity contribution is 0.311. The molecule has 0 saturated carbocycles. The average Bonchev–Trinajstić information content (AvgIpc) is 2.48. The predicted octanol–water partition coefficient (Wildman–Crippen LogP) is 1.31. The van der Waals surface area contributed by atoms with Crippen LogP contribution in [-0.4, -0.2) is 35.3 Å². The summed E-state index contributed by atoms with van der Waals surface area (Å²) in [5.41, 5.74) is -0.0699. The summed E-state index contributed by atoms with van der Waals surface area (Å²) in [6.07, 6.45) is 2.43. The van der Waals surface area contributed by atoms with Crippen LogP contribution in [0.1, 0.15) is 39.5 Å². The van der Waals surface area contributed by atoms with E-state index in [0.29, 0.717) is 12.1 Å². The Kier molecular flexibility index (Phi) is 2.40. The van der Waals surface area contributed by atoms with Gasteiger partial charge in [0.1, 0.15) is 0 Å². The third kappa shape index (κ3) is 1.82. The number of aromatic nitrogens is 2. The summed E-state index contributed by atoms with van der Waals surface area (Å²) >= 11 is 0. The van der Waals surface area contributed by atoms with Gasteiger partial charge in [-0.3, -0.25) is 0 Å². The Bertz CT molecular complexity index is 393. The quantitative estimate of drug-likeness (QED) is 0.796. The van der Waals surface area contributed by atoms with E-state index in [1.165, 1.54) is 12.8 Å². The highest BCUT2D eigenvalue weighted by Crippen LogP contribution is 2.34. The third-order valence-electron chi connectivity index (χ3n) is 3.65. The number of fused-ring (bicyclic) bond motifs is 2. The summed E-state index contributed by atoms with van der Waals surface area (Å²) in [6, 6.07) is 1.15. The van der Waals surface area contributed by atoms with Crippen molar-refractivity contribution in [2.24, 2.45) is 0 Å². The fraction of sp³-hybridized carbons (Fsp3) is 0.833. The summed E-state index contributed by atoms with van der Waals surface area (Å²) in [5, 5.41) is 7.59. The van der Waals surface area contributed by atoms with Gasteiger partial charge < -0.3 is 14.7 Å². The minimum Gasteiger partial charge on any atom is -0.337 e. The SMILES string of the molecule is CC(C)(C)c1nc(N2C3CCNCC2C3)no1. The molecule has 1 aromatic heterocycles. The molecule has 0 amide bonds. The van der Waals surface area contributed by atoms with Crippen LogP contribution in [0.15, 0.2) is 4.52 Å². The van der Waals surface area contributed by atoms with E-state index in [4.69, 9.17) is 4.52 Å². The first-order valence-corrected chi connectivity index (χ1v) is 6.39. The van der Waals surface area contributed by atoms with E-state index in [1.807, 2.05) is 0 Å². The van der Waals surface area contributed by atoms with Crippen molar-refractivity contribution in [3.8, 4) is 0 Å². The number of hydrogen-bond acceptors (Lipinski definition) is 5. The molecule has 2 unspecified atom stereocenters. The molecule has 2 saturated heterocycles. The maximum atomic E-state index is 5.37. The lowest BCUT2D eigenvalue weighted by atomic mass is 9.92. The standard InChI is InChI=1S/C12H20N4O/c1-12(2,3)10-14-11(15-17-10)16-8-4-5-13-7-9(16)6-8/h8-9,13H,4-7H2,1-3H3. The molecule has 5 heteroatoms. The summed E-state index contributed by atoms with van der Waals surface area (Å²) in [6.45, 7) is 8.41. The molecule has 0 radical (unpaired) electrons. The number of rotatable bonds is 1. The molecule has 94 valence electrons. The lowest BCUT2D eigenvalue weighted by Crippen LogP contribution is -2.57. The molecular weight excluding hydrogens is 216 g/mol. The molecule has 2 fully saturated rings. The largest absolute Gasteiger partial charge is 0.337 e. The molecule has 1 aromatic rings. The summed E-state index contributed by atoms with van der Waals surface area (Å²) in [7, 11) is 0. The Balaban J connectivity index is 1.83. The maximum Gasteiger partial charge on any atom is 0.266 e. The van der Waals surface area contributed by atoms with Crippen LogP contribution in [0.2, 0.25) is 0 Å². The predicted molar refractivity (Wildman–Crippen MR) is 65.2 cm³/mol. The van der Waals surface area contributed by atoms with E-state index in [9.17, 15) is 0 Å². The van der Waals surface area contributed by atoms with Crippen molar-refractivity contribution in [3.05, 3.63) is 5.89 Å². The summed E-state index contributed by atoms with van der Waals surface area (Å²) < 4.78 is 5.37. The molecule has 3 heterocycles. The van der Waals surface area contributed by atoms with E-state index in [0.717, 1.165) is 24.9 Å². The Morgan fingerprint density at radius 2 is 2.18 bits per heavy atom. The minimum atomic E-state index is -0.0699. The van der Waals surface area contributed by atoms with Gasteiger partial charge in [0.05, 0.1) is 0 Å². The van der Waals surface area contributed by atoms with Gasteiger partial charge in [-0.05, 0) is 24.5 Å². The number of nitrogens with one attached hydrogen (secondary N) is 1.